The van der Waals surface area contributed by atoms with Crippen LogP contribution in [0.1, 0.15) is 18.5 Å². The van der Waals surface area contributed by atoms with Gasteiger partial charge in [0.1, 0.15) is 5.82 Å². The van der Waals surface area contributed by atoms with Crippen molar-refractivity contribution in [2.45, 2.75) is 17.2 Å². The number of aromatic nitrogens is 1. The van der Waals surface area contributed by atoms with Gasteiger partial charge in [-0.1, -0.05) is 23.5 Å². The van der Waals surface area contributed by atoms with Gasteiger partial charge in [0.05, 0.1) is 0 Å². The number of sulfonamides is 1. The first-order chi connectivity index (χ1) is 9.32. The lowest BCUT2D eigenvalue weighted by molar-refractivity contribution is 0.399. The number of aromatic amines is 1. The second-order valence-electron chi connectivity index (χ2n) is 4.25. The van der Waals surface area contributed by atoms with Crippen LogP contribution in [0.2, 0.25) is 0 Å². The molecule has 1 aromatic heterocycles. The number of nitrogens with zero attached hydrogens (tertiary/aromatic N) is 1. The zero-order valence-electron chi connectivity index (χ0n) is 10.8. The van der Waals surface area contributed by atoms with Crippen LogP contribution >= 0.6 is 11.3 Å². The van der Waals surface area contributed by atoms with Crippen molar-refractivity contribution in [3.05, 3.63) is 51.5 Å². The fraction of sp³-hybridized carbons (Fsp3) is 0.250. The van der Waals surface area contributed by atoms with E-state index in [1.54, 1.807) is 6.92 Å². The Bertz CT molecular complexity index is 750. The predicted octanol–water partition coefficient (Wildman–Crippen LogP) is 1.96. The lowest BCUT2D eigenvalue weighted by atomic mass is 10.1. The SMILES string of the molecule is C[C@@H](c1ccc(F)cc1)N(C)S(=O)(=O)c1c[nH]c(=O)s1. The third kappa shape index (κ3) is 2.82. The van der Waals surface area contributed by atoms with Crippen LogP contribution in [0, 0.1) is 5.82 Å². The number of H-pyrrole nitrogens is 1. The summed E-state index contributed by atoms with van der Waals surface area (Å²) >= 11 is 0.637. The van der Waals surface area contributed by atoms with Gasteiger partial charge in [-0.25, -0.2) is 12.8 Å². The Morgan fingerprint density at radius 3 is 2.40 bits per heavy atom. The molecule has 108 valence electrons. The smallest absolute Gasteiger partial charge is 0.305 e. The molecule has 1 aromatic carbocycles. The lowest BCUT2D eigenvalue weighted by Crippen LogP contribution is -2.29. The molecule has 0 aliphatic heterocycles. The Morgan fingerprint density at radius 2 is 1.90 bits per heavy atom. The van der Waals surface area contributed by atoms with Gasteiger partial charge in [-0.2, -0.15) is 4.31 Å². The predicted molar refractivity (Wildman–Crippen MR) is 74.7 cm³/mol. The van der Waals surface area contributed by atoms with Crippen molar-refractivity contribution < 1.29 is 12.8 Å². The molecule has 0 fully saturated rings. The van der Waals surface area contributed by atoms with Crippen LogP contribution in [0.3, 0.4) is 0 Å². The molecule has 0 amide bonds. The second kappa shape index (κ2) is 5.47. The second-order valence-corrected chi connectivity index (χ2v) is 7.49. The Kier molecular flexibility index (Phi) is 4.07. The summed E-state index contributed by atoms with van der Waals surface area (Å²) in [6.45, 7) is 1.69. The summed E-state index contributed by atoms with van der Waals surface area (Å²) in [6, 6.07) is 5.15. The monoisotopic (exact) mass is 316 g/mol. The van der Waals surface area contributed by atoms with Crippen molar-refractivity contribution in [2.75, 3.05) is 7.05 Å². The van der Waals surface area contributed by atoms with E-state index < -0.39 is 20.9 Å². The first kappa shape index (κ1) is 14.9. The van der Waals surface area contributed by atoms with Crippen molar-refractivity contribution >= 4 is 21.4 Å². The Balaban J connectivity index is 2.32. The van der Waals surface area contributed by atoms with Crippen molar-refractivity contribution in [1.29, 1.82) is 0 Å². The fourth-order valence-corrected chi connectivity index (χ4v) is 4.15. The number of rotatable bonds is 4. The molecule has 0 spiro atoms. The van der Waals surface area contributed by atoms with E-state index >= 15 is 0 Å². The standard InChI is InChI=1S/C12H13FN2O3S2/c1-8(9-3-5-10(13)6-4-9)15(2)20(17,18)11-7-14-12(16)19-11/h3-8H,1-2H3,(H,14,16)/t8-/m0/s1. The molecule has 1 heterocycles. The van der Waals surface area contributed by atoms with E-state index in [9.17, 15) is 17.6 Å². The Hall–Kier alpha value is -1.51. The lowest BCUT2D eigenvalue weighted by Gasteiger charge is -2.23. The highest BCUT2D eigenvalue weighted by molar-refractivity contribution is 7.91. The topological polar surface area (TPSA) is 70.2 Å². The molecule has 1 atom stereocenters. The highest BCUT2D eigenvalue weighted by Gasteiger charge is 2.27. The Labute approximate surface area is 119 Å². The van der Waals surface area contributed by atoms with Gasteiger partial charge in [-0.05, 0) is 24.6 Å². The van der Waals surface area contributed by atoms with Crippen molar-refractivity contribution in [1.82, 2.24) is 9.29 Å². The number of benzene rings is 1. The maximum Gasteiger partial charge on any atom is 0.305 e. The highest BCUT2D eigenvalue weighted by Crippen LogP contribution is 2.26. The van der Waals surface area contributed by atoms with E-state index in [-0.39, 0.29) is 10.0 Å². The van der Waals surface area contributed by atoms with Crippen LogP contribution < -0.4 is 4.87 Å². The van der Waals surface area contributed by atoms with Gasteiger partial charge < -0.3 is 4.98 Å². The summed E-state index contributed by atoms with van der Waals surface area (Å²) < 4.78 is 38.7. The molecule has 2 rings (SSSR count). The quantitative estimate of drug-likeness (QED) is 0.937. The molecule has 1 N–H and O–H groups in total. The number of nitrogens with one attached hydrogen (secondary N) is 1. The first-order valence-corrected chi connectivity index (χ1v) is 8.00. The molecular weight excluding hydrogens is 303 g/mol. The van der Waals surface area contributed by atoms with E-state index in [1.165, 1.54) is 37.5 Å². The van der Waals surface area contributed by atoms with Crippen LogP contribution in [0.4, 0.5) is 4.39 Å². The van der Waals surface area contributed by atoms with Crippen molar-refractivity contribution in [2.24, 2.45) is 0 Å². The number of hydrogen-bond acceptors (Lipinski definition) is 4. The van der Waals surface area contributed by atoms with E-state index in [0.717, 1.165) is 4.31 Å². The number of hydrogen-bond donors (Lipinski definition) is 1. The zero-order valence-corrected chi connectivity index (χ0v) is 12.5. The first-order valence-electron chi connectivity index (χ1n) is 5.74. The molecule has 0 radical (unpaired) electrons. The molecule has 20 heavy (non-hydrogen) atoms. The zero-order chi connectivity index (χ0) is 14.9. The molecule has 5 nitrogen and oxygen atoms in total. The molecule has 0 unspecified atom stereocenters. The molecule has 0 aliphatic carbocycles. The van der Waals surface area contributed by atoms with Gasteiger partial charge in [-0.15, -0.1) is 0 Å². The summed E-state index contributed by atoms with van der Waals surface area (Å²) in [5.74, 6) is -0.379. The average Bonchev–Trinajstić information content (AvgIpc) is 2.85. The van der Waals surface area contributed by atoms with Gasteiger partial charge in [0.2, 0.25) is 0 Å². The van der Waals surface area contributed by atoms with Crippen LogP contribution in [0.5, 0.6) is 0 Å². The Morgan fingerprint density at radius 1 is 1.30 bits per heavy atom. The van der Waals surface area contributed by atoms with Crippen molar-refractivity contribution in [3.63, 3.8) is 0 Å². The van der Waals surface area contributed by atoms with Gasteiger partial charge >= 0.3 is 4.87 Å². The van der Waals surface area contributed by atoms with Crippen LogP contribution in [-0.4, -0.2) is 24.8 Å². The van der Waals surface area contributed by atoms with Crippen LogP contribution in [0.15, 0.2) is 39.5 Å². The van der Waals surface area contributed by atoms with Crippen molar-refractivity contribution in [3.8, 4) is 0 Å². The highest BCUT2D eigenvalue weighted by atomic mass is 32.2. The normalized spacial score (nSPS) is 13.6. The summed E-state index contributed by atoms with van der Waals surface area (Å²) in [4.78, 5) is 13.0. The largest absolute Gasteiger partial charge is 0.318 e. The third-order valence-corrected chi connectivity index (χ3v) is 6.24. The van der Waals surface area contributed by atoms with Gasteiger partial charge in [0.15, 0.2) is 4.21 Å². The van der Waals surface area contributed by atoms with E-state index in [4.69, 9.17) is 0 Å². The fourth-order valence-electron chi connectivity index (χ4n) is 1.70. The number of halogens is 1. The van der Waals surface area contributed by atoms with Crippen LogP contribution in [0.25, 0.3) is 0 Å². The molecule has 0 saturated heterocycles. The summed E-state index contributed by atoms with van der Waals surface area (Å²) in [5, 5.41) is 0. The summed E-state index contributed by atoms with van der Waals surface area (Å²) in [5.41, 5.74) is 0.667. The maximum absolute atomic E-state index is 12.9. The summed E-state index contributed by atoms with van der Waals surface area (Å²) in [7, 11) is -2.32. The van der Waals surface area contributed by atoms with E-state index in [0.29, 0.717) is 16.9 Å². The molecule has 0 bridgehead atoms. The van der Waals surface area contributed by atoms with E-state index in [2.05, 4.69) is 4.98 Å². The molecular formula is C12H13FN2O3S2. The minimum absolute atomic E-state index is 0.0426. The molecule has 8 heteroatoms. The minimum Gasteiger partial charge on any atom is -0.318 e. The third-order valence-electron chi connectivity index (χ3n) is 3.03. The van der Waals surface area contributed by atoms with Gasteiger partial charge in [0.25, 0.3) is 10.0 Å². The minimum atomic E-state index is -3.75. The molecule has 2 aromatic rings. The van der Waals surface area contributed by atoms with E-state index in [1.807, 2.05) is 0 Å². The van der Waals surface area contributed by atoms with Gasteiger partial charge in [0, 0.05) is 19.3 Å². The molecule has 0 saturated carbocycles. The average molecular weight is 316 g/mol. The van der Waals surface area contributed by atoms with Crippen LogP contribution in [-0.2, 0) is 10.0 Å². The molecule has 0 aliphatic rings. The van der Waals surface area contributed by atoms with Gasteiger partial charge in [-0.3, -0.25) is 4.79 Å². The number of thiazole rings is 1. The maximum atomic E-state index is 12.9. The summed E-state index contributed by atoms with van der Waals surface area (Å²) in [6.07, 6.45) is 1.18.